The molecule has 1 aromatic heterocycles. The van der Waals surface area contributed by atoms with Crippen molar-refractivity contribution in [1.82, 2.24) is 9.78 Å². The van der Waals surface area contributed by atoms with Crippen LogP contribution in [0.5, 0.6) is 5.75 Å². The van der Waals surface area contributed by atoms with Crippen molar-refractivity contribution >= 4 is 17.4 Å². The van der Waals surface area contributed by atoms with E-state index in [-0.39, 0.29) is 12.5 Å². The number of hydrogen-bond donors (Lipinski definition) is 1. The van der Waals surface area contributed by atoms with Gasteiger partial charge in [-0.05, 0) is 42.0 Å². The molecule has 0 amide bonds. The summed E-state index contributed by atoms with van der Waals surface area (Å²) < 4.78 is 7.05. The van der Waals surface area contributed by atoms with E-state index in [0.29, 0.717) is 13.0 Å². The first-order valence-electron chi connectivity index (χ1n) is 11.5. The van der Waals surface area contributed by atoms with Crippen LogP contribution in [0.4, 0.5) is 5.69 Å². The van der Waals surface area contributed by atoms with Gasteiger partial charge in [0.25, 0.3) is 0 Å². The number of anilines is 1. The number of aromatic nitrogens is 2. The molecule has 0 saturated carbocycles. The van der Waals surface area contributed by atoms with Crippen LogP contribution in [0.25, 0.3) is 11.3 Å². The molecule has 0 unspecified atom stereocenters. The third kappa shape index (κ3) is 4.80. The van der Waals surface area contributed by atoms with Crippen LogP contribution in [0.2, 0.25) is 0 Å². The zero-order valence-corrected chi connectivity index (χ0v) is 19.4. The fourth-order valence-corrected chi connectivity index (χ4v) is 4.36. The third-order valence-electron chi connectivity index (χ3n) is 6.11. The van der Waals surface area contributed by atoms with Crippen molar-refractivity contribution in [3.05, 3.63) is 102 Å². The van der Waals surface area contributed by atoms with Crippen molar-refractivity contribution in [3.8, 4) is 17.0 Å². The maximum absolute atomic E-state index is 11.2. The van der Waals surface area contributed by atoms with E-state index in [1.165, 1.54) is 0 Å². The highest BCUT2D eigenvalue weighted by Crippen LogP contribution is 2.40. The summed E-state index contributed by atoms with van der Waals surface area (Å²) in [6.45, 7) is 0.305. The number of carboxylic acids is 1. The SMILES string of the molecule is COc1ccc(C2=NN(c3ccccc3)[C@H](c3cn(CCC(=O)O)nc3-c3ccccc3)C2)cc1. The summed E-state index contributed by atoms with van der Waals surface area (Å²) in [6, 6.07) is 27.9. The molecule has 4 aromatic rings. The Labute approximate surface area is 203 Å². The number of carboxylic acid groups (broad SMARTS) is 1. The van der Waals surface area contributed by atoms with E-state index in [4.69, 9.17) is 14.9 Å². The molecule has 0 saturated heterocycles. The van der Waals surface area contributed by atoms with Crippen molar-refractivity contribution in [1.29, 1.82) is 0 Å². The number of carbonyl (C=O) groups is 1. The van der Waals surface area contributed by atoms with Gasteiger partial charge in [-0.1, -0.05) is 48.5 Å². The highest BCUT2D eigenvalue weighted by Gasteiger charge is 2.33. The molecular weight excluding hydrogens is 440 g/mol. The Morgan fingerprint density at radius 2 is 1.66 bits per heavy atom. The van der Waals surface area contributed by atoms with Gasteiger partial charge in [-0.15, -0.1) is 0 Å². The van der Waals surface area contributed by atoms with E-state index in [0.717, 1.165) is 39.5 Å². The number of hydrogen-bond acceptors (Lipinski definition) is 5. The summed E-state index contributed by atoms with van der Waals surface area (Å²) in [7, 11) is 1.66. The fourth-order valence-electron chi connectivity index (χ4n) is 4.36. The molecule has 1 aliphatic rings. The molecular formula is C28H26N4O3. The van der Waals surface area contributed by atoms with E-state index in [9.17, 15) is 9.90 Å². The van der Waals surface area contributed by atoms with E-state index in [1.807, 2.05) is 96.1 Å². The van der Waals surface area contributed by atoms with Gasteiger partial charge < -0.3 is 9.84 Å². The van der Waals surface area contributed by atoms with Gasteiger partial charge in [0.2, 0.25) is 0 Å². The minimum Gasteiger partial charge on any atom is -0.497 e. The molecule has 35 heavy (non-hydrogen) atoms. The molecule has 3 aromatic carbocycles. The van der Waals surface area contributed by atoms with E-state index >= 15 is 0 Å². The first-order valence-corrected chi connectivity index (χ1v) is 11.5. The molecule has 2 heterocycles. The number of nitrogens with zero attached hydrogens (tertiary/aromatic N) is 4. The average molecular weight is 467 g/mol. The lowest BCUT2D eigenvalue weighted by molar-refractivity contribution is -0.137. The van der Waals surface area contributed by atoms with Crippen LogP contribution in [0, 0.1) is 0 Å². The molecule has 1 atom stereocenters. The number of aliphatic carboxylic acids is 1. The van der Waals surface area contributed by atoms with Crippen molar-refractivity contribution in [2.45, 2.75) is 25.4 Å². The quantitative estimate of drug-likeness (QED) is 0.377. The average Bonchev–Trinajstić information content (AvgIpc) is 3.53. The van der Waals surface area contributed by atoms with Crippen molar-refractivity contribution < 1.29 is 14.6 Å². The maximum Gasteiger partial charge on any atom is 0.305 e. The standard InChI is InChI=1S/C28H26N4O3/c1-35-23-14-12-20(13-15-23)25-18-26(32(29-25)22-10-6-3-7-11-22)24-19-31(17-16-27(33)34)30-28(24)21-8-4-2-5-9-21/h2-15,19,26H,16-18H2,1H3,(H,33,34)/t26-/m0/s1. The van der Waals surface area contributed by atoms with Gasteiger partial charge >= 0.3 is 5.97 Å². The number of methoxy groups -OCH3 is 1. The predicted molar refractivity (Wildman–Crippen MR) is 136 cm³/mol. The van der Waals surface area contributed by atoms with Gasteiger partial charge in [0.1, 0.15) is 5.75 Å². The second-order valence-corrected chi connectivity index (χ2v) is 8.38. The largest absolute Gasteiger partial charge is 0.497 e. The smallest absolute Gasteiger partial charge is 0.305 e. The lowest BCUT2D eigenvalue weighted by atomic mass is 9.96. The number of para-hydroxylation sites is 1. The number of aryl methyl sites for hydroxylation is 1. The van der Waals surface area contributed by atoms with Gasteiger partial charge in [0, 0.05) is 23.7 Å². The highest BCUT2D eigenvalue weighted by atomic mass is 16.5. The van der Waals surface area contributed by atoms with Crippen molar-refractivity contribution in [3.63, 3.8) is 0 Å². The summed E-state index contributed by atoms with van der Waals surface area (Å²) in [5.74, 6) is -0.0462. The Bertz CT molecular complexity index is 1330. The molecule has 0 radical (unpaired) electrons. The maximum atomic E-state index is 11.2. The van der Waals surface area contributed by atoms with Gasteiger partial charge in [-0.25, -0.2) is 0 Å². The Hall–Kier alpha value is -4.39. The summed E-state index contributed by atoms with van der Waals surface area (Å²) >= 11 is 0. The number of rotatable bonds is 8. The zero-order valence-electron chi connectivity index (χ0n) is 19.4. The molecule has 7 heteroatoms. The predicted octanol–water partition coefficient (Wildman–Crippen LogP) is 5.39. The van der Waals surface area contributed by atoms with Crippen LogP contribution < -0.4 is 9.75 Å². The Morgan fingerprint density at radius 3 is 2.31 bits per heavy atom. The summed E-state index contributed by atoms with van der Waals surface area (Å²) in [5.41, 5.74) is 5.83. The Balaban J connectivity index is 1.58. The van der Waals surface area contributed by atoms with Crippen molar-refractivity contribution in [2.75, 3.05) is 12.1 Å². The molecule has 1 aliphatic heterocycles. The van der Waals surface area contributed by atoms with Gasteiger partial charge in [-0.3, -0.25) is 14.5 Å². The monoisotopic (exact) mass is 466 g/mol. The van der Waals surface area contributed by atoms with Crippen LogP contribution in [0.1, 0.15) is 30.0 Å². The van der Waals surface area contributed by atoms with E-state index in [2.05, 4.69) is 0 Å². The summed E-state index contributed by atoms with van der Waals surface area (Å²) in [4.78, 5) is 11.2. The molecule has 1 N–H and O–H groups in total. The Kier molecular flexibility index (Phi) is 6.30. The fraction of sp³-hybridized carbons (Fsp3) is 0.179. The van der Waals surface area contributed by atoms with Crippen molar-refractivity contribution in [2.24, 2.45) is 5.10 Å². The van der Waals surface area contributed by atoms with Crippen LogP contribution in [-0.2, 0) is 11.3 Å². The molecule has 7 nitrogen and oxygen atoms in total. The molecule has 0 fully saturated rings. The summed E-state index contributed by atoms with van der Waals surface area (Å²) in [5, 5.41) is 21.1. The Morgan fingerprint density at radius 1 is 0.971 bits per heavy atom. The zero-order chi connectivity index (χ0) is 24.2. The second kappa shape index (κ2) is 9.85. The number of hydrazone groups is 1. The first-order chi connectivity index (χ1) is 17.1. The molecule has 0 aliphatic carbocycles. The topological polar surface area (TPSA) is 80.0 Å². The summed E-state index contributed by atoms with van der Waals surface area (Å²) in [6.07, 6.45) is 2.67. The highest BCUT2D eigenvalue weighted by molar-refractivity contribution is 6.03. The molecule has 176 valence electrons. The van der Waals surface area contributed by atoms with Crippen LogP contribution >= 0.6 is 0 Å². The van der Waals surface area contributed by atoms with Crippen LogP contribution in [0.15, 0.2) is 96.2 Å². The number of benzene rings is 3. The van der Waals surface area contributed by atoms with Crippen LogP contribution in [0.3, 0.4) is 0 Å². The normalized spacial score (nSPS) is 15.2. The van der Waals surface area contributed by atoms with Crippen LogP contribution in [-0.4, -0.2) is 33.7 Å². The van der Waals surface area contributed by atoms with E-state index < -0.39 is 5.97 Å². The minimum atomic E-state index is -0.847. The lowest BCUT2D eigenvalue weighted by Crippen LogP contribution is -2.18. The molecule has 0 spiro atoms. The number of ether oxygens (including phenoxy) is 1. The van der Waals surface area contributed by atoms with E-state index in [1.54, 1.807) is 11.8 Å². The third-order valence-corrected chi connectivity index (χ3v) is 6.11. The van der Waals surface area contributed by atoms with Gasteiger partial charge in [0.15, 0.2) is 0 Å². The lowest BCUT2D eigenvalue weighted by Gasteiger charge is -2.23. The van der Waals surface area contributed by atoms with Gasteiger partial charge in [0.05, 0.1) is 43.2 Å². The molecule has 0 bridgehead atoms. The van der Waals surface area contributed by atoms with Gasteiger partial charge in [-0.2, -0.15) is 10.2 Å². The molecule has 5 rings (SSSR count). The first kappa shape index (κ1) is 22.4. The minimum absolute atomic E-state index is 0.00993. The second-order valence-electron chi connectivity index (χ2n) is 8.38.